The van der Waals surface area contributed by atoms with E-state index in [0.717, 1.165) is 24.8 Å². The van der Waals surface area contributed by atoms with Crippen LogP contribution in [0.4, 0.5) is 0 Å². The Morgan fingerprint density at radius 3 is 2.29 bits per heavy atom. The normalized spacial score (nSPS) is 12.5. The minimum Gasteiger partial charge on any atom is -0.493 e. The van der Waals surface area contributed by atoms with Gasteiger partial charge in [-0.3, -0.25) is 9.05 Å². The van der Waals surface area contributed by atoms with Crippen LogP contribution in [-0.4, -0.2) is 28.1 Å². The van der Waals surface area contributed by atoms with E-state index < -0.39 is 16.1 Å². The molecule has 0 radical (unpaired) electrons. The molecule has 0 spiro atoms. The average molecular weight is 471 g/mol. The molecule has 176 valence electrons. The molecule has 6 nitrogen and oxygen atoms in total. The first-order valence-electron chi connectivity index (χ1n) is 10.9. The first-order chi connectivity index (χ1) is 14.5. The summed E-state index contributed by atoms with van der Waals surface area (Å²) in [4.78, 5) is 0. The summed E-state index contributed by atoms with van der Waals surface area (Å²) in [5.41, 5.74) is 0.914. The van der Waals surface area contributed by atoms with Crippen molar-refractivity contribution in [1.29, 1.82) is 0 Å². The lowest BCUT2D eigenvalue weighted by atomic mass is 10.2. The van der Waals surface area contributed by atoms with Gasteiger partial charge in [0.05, 0.1) is 26.4 Å². The van der Waals surface area contributed by atoms with Crippen molar-refractivity contribution >= 4 is 16.1 Å². The van der Waals surface area contributed by atoms with Gasteiger partial charge in [0.2, 0.25) is 0 Å². The maximum absolute atomic E-state index is 12.7. The number of hydrogen-bond donors (Lipinski definition) is 0. The van der Waals surface area contributed by atoms with Gasteiger partial charge in [-0.25, -0.2) is 4.57 Å². The maximum atomic E-state index is 12.7. The van der Waals surface area contributed by atoms with Crippen LogP contribution in [0.2, 0.25) is 18.1 Å². The average Bonchev–Trinajstić information content (AvgIpc) is 2.66. The molecule has 1 rings (SSSR count). The lowest BCUT2D eigenvalue weighted by Gasteiger charge is -2.36. The molecule has 0 bridgehead atoms. The Morgan fingerprint density at radius 1 is 1.10 bits per heavy atom. The van der Waals surface area contributed by atoms with E-state index in [1.54, 1.807) is 26.0 Å². The van der Waals surface area contributed by atoms with Crippen molar-refractivity contribution in [2.75, 3.05) is 19.8 Å². The Kier molecular flexibility index (Phi) is 11.3. The fourth-order valence-electron chi connectivity index (χ4n) is 2.37. The van der Waals surface area contributed by atoms with Gasteiger partial charge in [0.15, 0.2) is 8.32 Å². The van der Waals surface area contributed by atoms with Gasteiger partial charge in [0.25, 0.3) is 0 Å². The predicted molar refractivity (Wildman–Crippen MR) is 128 cm³/mol. The number of benzene rings is 1. The minimum absolute atomic E-state index is 0.105. The van der Waals surface area contributed by atoms with Crippen LogP contribution in [0.3, 0.4) is 0 Å². The first kappa shape index (κ1) is 27.7. The molecular formula is C23H39O6PSi. The van der Waals surface area contributed by atoms with Crippen LogP contribution in [0.15, 0.2) is 18.2 Å². The molecule has 1 aromatic rings. The van der Waals surface area contributed by atoms with Crippen LogP contribution in [0.5, 0.6) is 11.5 Å². The number of rotatable bonds is 14. The van der Waals surface area contributed by atoms with Gasteiger partial charge in [0.1, 0.15) is 11.5 Å². The van der Waals surface area contributed by atoms with Crippen LogP contribution in [-0.2, 0) is 24.6 Å². The summed E-state index contributed by atoms with van der Waals surface area (Å²) in [6.45, 7) is 15.9. The number of ether oxygens (including phenoxy) is 1. The van der Waals surface area contributed by atoms with Crippen molar-refractivity contribution in [3.63, 3.8) is 0 Å². The van der Waals surface area contributed by atoms with Gasteiger partial charge >= 0.3 is 7.82 Å². The quantitative estimate of drug-likeness (QED) is 0.127. The molecule has 0 aliphatic carbocycles. The zero-order chi connectivity index (χ0) is 23.5. The van der Waals surface area contributed by atoms with Crippen LogP contribution in [0.1, 0.15) is 59.4 Å². The summed E-state index contributed by atoms with van der Waals surface area (Å²) in [5.74, 6) is 3.63. The highest BCUT2D eigenvalue weighted by molar-refractivity contribution is 7.48. The molecule has 8 heteroatoms. The van der Waals surface area contributed by atoms with Crippen LogP contribution in [0.25, 0.3) is 0 Å². The summed E-state index contributed by atoms with van der Waals surface area (Å²) in [6, 6.07) is 5.33. The van der Waals surface area contributed by atoms with E-state index in [1.807, 2.05) is 6.07 Å². The molecule has 0 heterocycles. The summed E-state index contributed by atoms with van der Waals surface area (Å²) < 4.78 is 41.2. The van der Waals surface area contributed by atoms with Crippen LogP contribution >= 0.6 is 7.82 Å². The minimum atomic E-state index is -3.68. The Morgan fingerprint density at radius 2 is 1.74 bits per heavy atom. The molecular weight excluding hydrogens is 431 g/mol. The lowest BCUT2D eigenvalue weighted by molar-refractivity contribution is 0.167. The van der Waals surface area contributed by atoms with E-state index in [-0.39, 0.29) is 18.3 Å². The largest absolute Gasteiger partial charge is 0.530 e. The smallest absolute Gasteiger partial charge is 0.493 e. The topological polar surface area (TPSA) is 63.2 Å². The molecule has 0 amide bonds. The molecule has 0 fully saturated rings. The first-order valence-corrected chi connectivity index (χ1v) is 15.3. The van der Waals surface area contributed by atoms with Crippen molar-refractivity contribution < 1.29 is 27.3 Å². The Hall–Kier alpha value is -1.29. The molecule has 0 N–H and O–H groups in total. The second-order valence-corrected chi connectivity index (χ2v) is 15.1. The third kappa shape index (κ3) is 9.39. The highest BCUT2D eigenvalue weighted by Crippen LogP contribution is 2.50. The van der Waals surface area contributed by atoms with E-state index >= 15 is 0 Å². The standard InChI is InChI=1S/C23H39O6PSi/c1-9-12-13-14-17-25-22-18-21(29-30(24,26-10-2)27-11-3)16-15-20(22)19-28-31(7,8)23(4,5)6/h1,15-16,18H,10-14,17,19H2,2-8H3. The van der Waals surface area contributed by atoms with Crippen molar-refractivity contribution in [2.45, 2.75) is 78.6 Å². The highest BCUT2D eigenvalue weighted by Gasteiger charge is 2.37. The molecule has 0 saturated heterocycles. The Bertz CT molecular complexity index is 756. The third-order valence-electron chi connectivity index (χ3n) is 5.20. The van der Waals surface area contributed by atoms with Gasteiger partial charge in [-0.2, -0.15) is 0 Å². The predicted octanol–water partition coefficient (Wildman–Crippen LogP) is 6.95. The van der Waals surface area contributed by atoms with Crippen molar-refractivity contribution in [3.8, 4) is 23.8 Å². The van der Waals surface area contributed by atoms with Gasteiger partial charge in [0, 0.05) is 18.1 Å². The second kappa shape index (κ2) is 12.7. The summed E-state index contributed by atoms with van der Waals surface area (Å²) in [5, 5.41) is 0.105. The lowest BCUT2D eigenvalue weighted by Crippen LogP contribution is -2.40. The second-order valence-electron chi connectivity index (χ2n) is 8.70. The zero-order valence-electron chi connectivity index (χ0n) is 20.2. The van der Waals surface area contributed by atoms with Crippen molar-refractivity contribution in [3.05, 3.63) is 23.8 Å². The van der Waals surface area contributed by atoms with E-state index in [9.17, 15) is 4.57 Å². The van der Waals surface area contributed by atoms with E-state index in [4.69, 9.17) is 29.2 Å². The molecule has 0 atom stereocenters. The fraction of sp³-hybridized carbons (Fsp3) is 0.652. The van der Waals surface area contributed by atoms with Crippen LogP contribution < -0.4 is 9.26 Å². The number of terminal acetylenes is 1. The molecule has 0 aromatic heterocycles. The van der Waals surface area contributed by atoms with Crippen LogP contribution in [0, 0.1) is 12.3 Å². The van der Waals surface area contributed by atoms with E-state index in [0.29, 0.717) is 24.7 Å². The molecule has 0 aliphatic rings. The third-order valence-corrected chi connectivity index (χ3v) is 11.3. The molecule has 1 aromatic carbocycles. The van der Waals surface area contributed by atoms with Gasteiger partial charge in [-0.15, -0.1) is 12.3 Å². The van der Waals surface area contributed by atoms with Gasteiger partial charge in [-0.1, -0.05) is 20.8 Å². The van der Waals surface area contributed by atoms with Crippen molar-refractivity contribution in [2.24, 2.45) is 0 Å². The molecule has 0 aliphatic heterocycles. The SMILES string of the molecule is C#CCCCCOc1cc(OP(=O)(OCC)OCC)ccc1CO[Si](C)(C)C(C)(C)C. The number of phosphoric acid groups is 1. The monoisotopic (exact) mass is 470 g/mol. The number of unbranched alkanes of at least 4 members (excludes halogenated alkanes) is 2. The summed E-state index contributed by atoms with van der Waals surface area (Å²) in [6.07, 6.45) is 7.78. The van der Waals surface area contributed by atoms with Crippen molar-refractivity contribution in [1.82, 2.24) is 0 Å². The molecule has 31 heavy (non-hydrogen) atoms. The highest BCUT2D eigenvalue weighted by atomic mass is 31.2. The molecule has 0 saturated carbocycles. The van der Waals surface area contributed by atoms with E-state index in [2.05, 4.69) is 39.8 Å². The van der Waals surface area contributed by atoms with E-state index in [1.165, 1.54) is 0 Å². The summed E-state index contributed by atoms with van der Waals surface area (Å²) >= 11 is 0. The molecule has 0 unspecified atom stereocenters. The van der Waals surface area contributed by atoms with Gasteiger partial charge < -0.3 is 13.7 Å². The zero-order valence-corrected chi connectivity index (χ0v) is 22.1. The van der Waals surface area contributed by atoms with Gasteiger partial charge in [-0.05, 0) is 57.0 Å². The number of hydrogen-bond acceptors (Lipinski definition) is 6. The Balaban J connectivity index is 3.05. The maximum Gasteiger partial charge on any atom is 0.530 e. The number of phosphoric ester groups is 1. The summed E-state index contributed by atoms with van der Waals surface area (Å²) in [7, 11) is -5.61. The fourth-order valence-corrected chi connectivity index (χ4v) is 4.50. The Labute approximate surface area is 189 Å².